The number of nitrogens with zero attached hydrogens (tertiary/aromatic N) is 2. The molecule has 21 heavy (non-hydrogen) atoms. The Balaban J connectivity index is 1.73. The van der Waals surface area contributed by atoms with Crippen LogP contribution in [0, 0.1) is 6.92 Å². The van der Waals surface area contributed by atoms with E-state index in [2.05, 4.69) is 50.3 Å². The number of hydrogen-bond donors (Lipinski definition) is 1. The smallest absolute Gasteiger partial charge is 0.134 e. The van der Waals surface area contributed by atoms with E-state index in [1.165, 1.54) is 0 Å². The summed E-state index contributed by atoms with van der Waals surface area (Å²) in [6.45, 7) is 4.66. The fraction of sp³-hybridized carbons (Fsp3) is 0.250. The van der Waals surface area contributed by atoms with Crippen molar-refractivity contribution < 1.29 is 4.42 Å². The van der Waals surface area contributed by atoms with E-state index in [-0.39, 0.29) is 6.04 Å². The average molecular weight is 346 g/mol. The summed E-state index contributed by atoms with van der Waals surface area (Å²) in [5.74, 6) is 1.71. The van der Waals surface area contributed by atoms with Crippen LogP contribution in [0.5, 0.6) is 0 Å². The summed E-state index contributed by atoms with van der Waals surface area (Å²) >= 11 is 3.48. The molecule has 1 unspecified atom stereocenters. The number of nitrogens with one attached hydrogen (secondary N) is 1. The van der Waals surface area contributed by atoms with Gasteiger partial charge in [-0.1, -0.05) is 15.9 Å². The van der Waals surface area contributed by atoms with E-state index in [1.54, 1.807) is 6.20 Å². The van der Waals surface area contributed by atoms with E-state index in [9.17, 15) is 0 Å². The van der Waals surface area contributed by atoms with Crippen molar-refractivity contribution in [1.82, 2.24) is 15.3 Å². The summed E-state index contributed by atoms with van der Waals surface area (Å²) in [5, 5.41) is 4.52. The van der Waals surface area contributed by atoms with Crippen LogP contribution in [0.1, 0.15) is 30.2 Å². The van der Waals surface area contributed by atoms with Gasteiger partial charge in [-0.25, -0.2) is 9.97 Å². The number of fused-ring (bicyclic) bond motifs is 1. The molecule has 0 radical (unpaired) electrons. The molecule has 0 aliphatic carbocycles. The standard InChI is InChI=1S/C16H16BrN3O/c1-10(19-9-14-5-6-18-11(2)20-14)16-8-12-7-13(17)3-4-15(12)21-16/h3-8,10,19H,9H2,1-2H3. The third-order valence-electron chi connectivity index (χ3n) is 3.35. The summed E-state index contributed by atoms with van der Waals surface area (Å²) < 4.78 is 6.94. The maximum Gasteiger partial charge on any atom is 0.134 e. The first-order valence-corrected chi connectivity index (χ1v) is 7.62. The molecule has 1 aromatic carbocycles. The van der Waals surface area contributed by atoms with Gasteiger partial charge in [0.15, 0.2) is 0 Å². The molecule has 0 amide bonds. The van der Waals surface area contributed by atoms with Crippen molar-refractivity contribution in [2.24, 2.45) is 0 Å². The Morgan fingerprint density at radius 3 is 2.95 bits per heavy atom. The summed E-state index contributed by atoms with van der Waals surface area (Å²) in [6.07, 6.45) is 1.78. The third kappa shape index (κ3) is 3.31. The van der Waals surface area contributed by atoms with E-state index < -0.39 is 0 Å². The number of aromatic nitrogens is 2. The molecule has 1 atom stereocenters. The molecule has 0 bridgehead atoms. The summed E-state index contributed by atoms with van der Waals surface area (Å²) in [7, 11) is 0. The maximum atomic E-state index is 5.88. The second-order valence-corrected chi connectivity index (χ2v) is 5.94. The first kappa shape index (κ1) is 14.2. The summed E-state index contributed by atoms with van der Waals surface area (Å²) in [6, 6.07) is 10.1. The molecule has 1 N–H and O–H groups in total. The van der Waals surface area contributed by atoms with Crippen molar-refractivity contribution in [3.05, 3.63) is 58.3 Å². The fourth-order valence-corrected chi connectivity index (χ4v) is 2.59. The monoisotopic (exact) mass is 345 g/mol. The second-order valence-electron chi connectivity index (χ2n) is 5.03. The van der Waals surface area contributed by atoms with E-state index in [0.717, 1.165) is 32.7 Å². The number of benzene rings is 1. The summed E-state index contributed by atoms with van der Waals surface area (Å²) in [4.78, 5) is 8.48. The number of rotatable bonds is 4. The minimum atomic E-state index is 0.117. The van der Waals surface area contributed by atoms with Crippen LogP contribution in [-0.4, -0.2) is 9.97 Å². The number of furan rings is 1. The quantitative estimate of drug-likeness (QED) is 0.771. The van der Waals surface area contributed by atoms with Crippen LogP contribution < -0.4 is 5.32 Å². The van der Waals surface area contributed by atoms with E-state index in [0.29, 0.717) is 6.54 Å². The Bertz CT molecular complexity index is 769. The van der Waals surface area contributed by atoms with Gasteiger partial charge in [-0.15, -0.1) is 0 Å². The predicted octanol–water partition coefficient (Wildman–Crippen LogP) is 4.14. The van der Waals surface area contributed by atoms with Crippen molar-refractivity contribution >= 4 is 26.9 Å². The van der Waals surface area contributed by atoms with Crippen molar-refractivity contribution in [2.45, 2.75) is 26.4 Å². The van der Waals surface area contributed by atoms with Gasteiger partial charge >= 0.3 is 0 Å². The molecule has 0 fully saturated rings. The molecule has 0 aliphatic heterocycles. The highest BCUT2D eigenvalue weighted by Gasteiger charge is 2.11. The van der Waals surface area contributed by atoms with Gasteiger partial charge in [-0.05, 0) is 44.2 Å². The molecule has 3 aromatic rings. The fourth-order valence-electron chi connectivity index (χ4n) is 2.21. The van der Waals surface area contributed by atoms with Gasteiger partial charge in [0.25, 0.3) is 0 Å². The second kappa shape index (κ2) is 5.95. The Morgan fingerprint density at radius 2 is 2.14 bits per heavy atom. The number of halogens is 1. The van der Waals surface area contributed by atoms with E-state index in [1.807, 2.05) is 25.1 Å². The molecule has 0 spiro atoms. The largest absolute Gasteiger partial charge is 0.459 e. The van der Waals surface area contributed by atoms with Gasteiger partial charge in [-0.3, -0.25) is 0 Å². The topological polar surface area (TPSA) is 51.0 Å². The predicted molar refractivity (Wildman–Crippen MR) is 85.9 cm³/mol. The average Bonchev–Trinajstić information content (AvgIpc) is 2.88. The van der Waals surface area contributed by atoms with Crippen molar-refractivity contribution in [2.75, 3.05) is 0 Å². The molecule has 108 valence electrons. The lowest BCUT2D eigenvalue weighted by atomic mass is 10.2. The SMILES string of the molecule is Cc1nccc(CNC(C)c2cc3cc(Br)ccc3o2)n1. The molecule has 5 heteroatoms. The van der Waals surface area contributed by atoms with Gasteiger partial charge in [0.2, 0.25) is 0 Å². The highest BCUT2D eigenvalue weighted by atomic mass is 79.9. The van der Waals surface area contributed by atoms with E-state index >= 15 is 0 Å². The number of aryl methyl sites for hydroxylation is 1. The molecular formula is C16H16BrN3O. The lowest BCUT2D eigenvalue weighted by Crippen LogP contribution is -2.18. The van der Waals surface area contributed by atoms with Crippen molar-refractivity contribution in [3.63, 3.8) is 0 Å². The van der Waals surface area contributed by atoms with Crippen LogP contribution >= 0.6 is 15.9 Å². The molecule has 2 heterocycles. The Hall–Kier alpha value is -1.72. The third-order valence-corrected chi connectivity index (χ3v) is 3.84. The normalized spacial score (nSPS) is 12.7. The zero-order valence-corrected chi connectivity index (χ0v) is 13.5. The minimum absolute atomic E-state index is 0.117. The highest BCUT2D eigenvalue weighted by molar-refractivity contribution is 9.10. The van der Waals surface area contributed by atoms with Crippen molar-refractivity contribution in [1.29, 1.82) is 0 Å². The first-order valence-electron chi connectivity index (χ1n) is 6.83. The molecule has 4 nitrogen and oxygen atoms in total. The Morgan fingerprint density at radius 1 is 1.29 bits per heavy atom. The van der Waals surface area contributed by atoms with Crippen LogP contribution in [0.25, 0.3) is 11.0 Å². The van der Waals surface area contributed by atoms with Crippen LogP contribution in [0.2, 0.25) is 0 Å². The minimum Gasteiger partial charge on any atom is -0.459 e. The molecule has 0 aliphatic rings. The van der Waals surface area contributed by atoms with E-state index in [4.69, 9.17) is 4.42 Å². The molecule has 0 saturated carbocycles. The summed E-state index contributed by atoms with van der Waals surface area (Å²) in [5.41, 5.74) is 1.88. The van der Waals surface area contributed by atoms with Crippen LogP contribution in [0.4, 0.5) is 0 Å². The van der Waals surface area contributed by atoms with Gasteiger partial charge in [-0.2, -0.15) is 0 Å². The lowest BCUT2D eigenvalue weighted by Gasteiger charge is -2.10. The zero-order chi connectivity index (χ0) is 14.8. The maximum absolute atomic E-state index is 5.88. The van der Waals surface area contributed by atoms with Gasteiger partial charge in [0.05, 0.1) is 11.7 Å². The molecule has 0 saturated heterocycles. The van der Waals surface area contributed by atoms with Crippen LogP contribution in [-0.2, 0) is 6.54 Å². The Labute approximate surface area is 131 Å². The van der Waals surface area contributed by atoms with Crippen LogP contribution in [0.15, 0.2) is 45.4 Å². The molecular weight excluding hydrogens is 330 g/mol. The molecule has 2 aromatic heterocycles. The Kier molecular flexibility index (Phi) is 4.03. The van der Waals surface area contributed by atoms with Gasteiger partial charge in [0, 0.05) is 22.6 Å². The highest BCUT2D eigenvalue weighted by Crippen LogP contribution is 2.26. The number of hydrogen-bond acceptors (Lipinski definition) is 4. The zero-order valence-electron chi connectivity index (χ0n) is 11.9. The lowest BCUT2D eigenvalue weighted by molar-refractivity contribution is 0.448. The van der Waals surface area contributed by atoms with Gasteiger partial charge in [0.1, 0.15) is 17.2 Å². The van der Waals surface area contributed by atoms with Gasteiger partial charge < -0.3 is 9.73 Å². The van der Waals surface area contributed by atoms with Crippen LogP contribution in [0.3, 0.4) is 0 Å². The molecule has 3 rings (SSSR count). The first-order chi connectivity index (χ1) is 10.1. The van der Waals surface area contributed by atoms with Crippen molar-refractivity contribution in [3.8, 4) is 0 Å².